The highest BCUT2D eigenvalue weighted by atomic mass is 79.9. The third kappa shape index (κ3) is 4.67. The molecule has 0 aliphatic heterocycles. The predicted octanol–water partition coefficient (Wildman–Crippen LogP) is 5.12. The zero-order valence-corrected chi connectivity index (χ0v) is 18.0. The molecule has 1 amide bonds. The Hall–Kier alpha value is -1.37. The Kier molecular flexibility index (Phi) is 6.88. The monoisotopic (exact) mass is 457 g/mol. The quantitative estimate of drug-likeness (QED) is 0.604. The van der Waals surface area contributed by atoms with Crippen LogP contribution in [0, 0.1) is 0 Å². The fourth-order valence-electron chi connectivity index (χ4n) is 2.75. The van der Waals surface area contributed by atoms with Crippen molar-refractivity contribution in [1.82, 2.24) is 4.90 Å². The second kappa shape index (κ2) is 8.55. The van der Waals surface area contributed by atoms with E-state index in [1.807, 2.05) is 38.1 Å². The summed E-state index contributed by atoms with van der Waals surface area (Å²) < 4.78 is 24.6. The van der Waals surface area contributed by atoms with Crippen LogP contribution in [0.4, 0.5) is 0 Å². The van der Waals surface area contributed by atoms with E-state index in [2.05, 4.69) is 15.9 Å². The second-order valence-corrected chi connectivity index (χ2v) is 9.39. The van der Waals surface area contributed by atoms with Crippen LogP contribution in [0.25, 0.3) is 0 Å². The van der Waals surface area contributed by atoms with Crippen LogP contribution in [-0.2, 0) is 9.84 Å². The van der Waals surface area contributed by atoms with Crippen molar-refractivity contribution in [3.8, 4) is 0 Å². The molecule has 1 atom stereocenters. The minimum atomic E-state index is -3.43. The van der Waals surface area contributed by atoms with Crippen molar-refractivity contribution in [2.75, 3.05) is 12.8 Å². The van der Waals surface area contributed by atoms with E-state index in [9.17, 15) is 13.2 Å². The summed E-state index contributed by atoms with van der Waals surface area (Å²) in [4.78, 5) is 15.0. The van der Waals surface area contributed by atoms with E-state index in [1.165, 1.54) is 18.2 Å². The molecule has 0 fully saturated rings. The summed E-state index contributed by atoms with van der Waals surface area (Å²) in [6, 6.07) is 11.7. The molecule has 26 heavy (non-hydrogen) atoms. The highest BCUT2D eigenvalue weighted by molar-refractivity contribution is 9.10. The molecule has 0 saturated heterocycles. The summed E-state index contributed by atoms with van der Waals surface area (Å²) in [6.07, 6.45) is 1.88. The lowest BCUT2D eigenvalue weighted by molar-refractivity contribution is 0.0690. The fraction of sp³-hybridized carbons (Fsp3) is 0.316. The summed E-state index contributed by atoms with van der Waals surface area (Å²) in [5, 5.41) is 0.239. The maximum atomic E-state index is 13.2. The molecule has 0 radical (unpaired) electrons. The largest absolute Gasteiger partial charge is 0.332 e. The number of sulfone groups is 1. The zero-order chi connectivity index (χ0) is 19.5. The first-order valence-electron chi connectivity index (χ1n) is 8.21. The molecule has 0 bridgehead atoms. The third-order valence-corrected chi connectivity index (χ3v) is 6.31. The van der Waals surface area contributed by atoms with Crippen LogP contribution in [0.15, 0.2) is 51.8 Å². The molecule has 0 N–H and O–H groups in total. The highest BCUT2D eigenvalue weighted by Crippen LogP contribution is 2.30. The van der Waals surface area contributed by atoms with Gasteiger partial charge in [0.1, 0.15) is 0 Å². The van der Waals surface area contributed by atoms with Gasteiger partial charge < -0.3 is 4.90 Å². The van der Waals surface area contributed by atoms with E-state index in [0.29, 0.717) is 6.54 Å². The number of carbonyl (C=O) groups is 1. The lowest BCUT2D eigenvalue weighted by Gasteiger charge is -2.30. The van der Waals surface area contributed by atoms with E-state index < -0.39 is 9.84 Å². The van der Waals surface area contributed by atoms with Crippen molar-refractivity contribution >= 4 is 43.3 Å². The first-order valence-corrected chi connectivity index (χ1v) is 11.3. The first-order chi connectivity index (χ1) is 12.2. The molecule has 4 nitrogen and oxygen atoms in total. The van der Waals surface area contributed by atoms with Crippen LogP contribution in [0.5, 0.6) is 0 Å². The normalized spacial score (nSPS) is 12.7. The molecule has 0 aliphatic rings. The minimum absolute atomic E-state index is 0.0789. The lowest BCUT2D eigenvalue weighted by Crippen LogP contribution is -2.34. The molecule has 2 rings (SSSR count). The van der Waals surface area contributed by atoms with Gasteiger partial charge in [-0.3, -0.25) is 4.79 Å². The number of nitrogens with zero attached hydrogens (tertiary/aromatic N) is 1. The molecule has 2 aromatic rings. The van der Waals surface area contributed by atoms with Crippen LogP contribution in [0.2, 0.25) is 5.02 Å². The van der Waals surface area contributed by atoms with Gasteiger partial charge in [-0.25, -0.2) is 8.42 Å². The smallest absolute Gasteiger partial charge is 0.255 e. The molecule has 7 heteroatoms. The SMILES string of the molecule is CCCN(C(=O)c1cc(S(C)(=O)=O)ccc1Cl)C(C)c1ccccc1Br. The molecule has 0 aliphatic carbocycles. The average Bonchev–Trinajstić information content (AvgIpc) is 2.58. The van der Waals surface area contributed by atoms with E-state index in [-0.39, 0.29) is 27.4 Å². The highest BCUT2D eigenvalue weighted by Gasteiger charge is 2.26. The Morgan fingerprint density at radius 2 is 1.88 bits per heavy atom. The van der Waals surface area contributed by atoms with Crippen molar-refractivity contribution in [3.63, 3.8) is 0 Å². The number of benzene rings is 2. The summed E-state index contributed by atoms with van der Waals surface area (Å²) >= 11 is 9.75. The molecule has 0 aromatic heterocycles. The number of hydrogen-bond donors (Lipinski definition) is 0. The summed E-state index contributed by atoms with van der Waals surface area (Å²) in [5.74, 6) is -0.286. The van der Waals surface area contributed by atoms with Gasteiger partial charge in [-0.2, -0.15) is 0 Å². The van der Waals surface area contributed by atoms with Gasteiger partial charge in [-0.15, -0.1) is 0 Å². The van der Waals surface area contributed by atoms with Crippen molar-refractivity contribution in [2.24, 2.45) is 0 Å². The van der Waals surface area contributed by atoms with Gasteiger partial charge in [0.2, 0.25) is 0 Å². The van der Waals surface area contributed by atoms with Crippen molar-refractivity contribution in [3.05, 3.63) is 63.1 Å². The summed E-state index contributed by atoms with van der Waals surface area (Å²) in [5.41, 5.74) is 1.17. The Balaban J connectivity index is 2.48. The topological polar surface area (TPSA) is 54.5 Å². The minimum Gasteiger partial charge on any atom is -0.332 e. The van der Waals surface area contributed by atoms with Crippen LogP contribution in [0.3, 0.4) is 0 Å². The third-order valence-electron chi connectivity index (χ3n) is 4.14. The van der Waals surface area contributed by atoms with Crippen LogP contribution in [-0.4, -0.2) is 32.0 Å². The standard InChI is InChI=1S/C19H21BrClNO3S/c1-4-11-22(13(2)15-7-5-6-8-17(15)20)19(23)16-12-14(26(3,24)25)9-10-18(16)21/h5-10,12-13H,4,11H2,1-3H3. The number of amides is 1. The molecular formula is C19H21BrClNO3S. The van der Waals surface area contributed by atoms with Gasteiger partial charge in [0, 0.05) is 17.3 Å². The van der Waals surface area contributed by atoms with Gasteiger partial charge in [-0.05, 0) is 43.2 Å². The molecule has 0 heterocycles. The molecule has 2 aromatic carbocycles. The number of halogens is 2. The molecule has 0 saturated carbocycles. The van der Waals surface area contributed by atoms with Crippen molar-refractivity contribution in [2.45, 2.75) is 31.2 Å². The second-order valence-electron chi connectivity index (χ2n) is 6.11. The first kappa shape index (κ1) is 20.9. The van der Waals surface area contributed by atoms with Crippen molar-refractivity contribution < 1.29 is 13.2 Å². The van der Waals surface area contributed by atoms with Crippen LogP contribution >= 0.6 is 27.5 Å². The van der Waals surface area contributed by atoms with Crippen LogP contribution in [0.1, 0.15) is 42.2 Å². The maximum Gasteiger partial charge on any atom is 0.255 e. The Morgan fingerprint density at radius 3 is 2.46 bits per heavy atom. The van der Waals surface area contributed by atoms with E-state index in [0.717, 1.165) is 22.7 Å². The van der Waals surface area contributed by atoms with Crippen molar-refractivity contribution in [1.29, 1.82) is 0 Å². The number of carbonyl (C=O) groups excluding carboxylic acids is 1. The Morgan fingerprint density at radius 1 is 1.23 bits per heavy atom. The maximum absolute atomic E-state index is 13.2. The molecule has 140 valence electrons. The summed E-state index contributed by atoms with van der Waals surface area (Å²) in [7, 11) is -3.43. The van der Waals surface area contributed by atoms with Gasteiger partial charge in [-0.1, -0.05) is 52.7 Å². The molecule has 1 unspecified atom stereocenters. The number of rotatable bonds is 6. The summed E-state index contributed by atoms with van der Waals surface area (Å²) in [6.45, 7) is 4.46. The van der Waals surface area contributed by atoms with Gasteiger partial charge >= 0.3 is 0 Å². The molecular weight excluding hydrogens is 438 g/mol. The van der Waals surface area contributed by atoms with E-state index in [4.69, 9.17) is 11.6 Å². The molecule has 0 spiro atoms. The van der Waals surface area contributed by atoms with Gasteiger partial charge in [0.05, 0.1) is 21.5 Å². The lowest BCUT2D eigenvalue weighted by atomic mass is 10.0. The Labute approximate surface area is 168 Å². The van der Waals surface area contributed by atoms with Gasteiger partial charge in [0.15, 0.2) is 9.84 Å². The fourth-order valence-corrected chi connectivity index (χ4v) is 4.21. The number of hydrogen-bond acceptors (Lipinski definition) is 3. The van der Waals surface area contributed by atoms with Crippen LogP contribution < -0.4 is 0 Å². The van der Waals surface area contributed by atoms with Gasteiger partial charge in [0.25, 0.3) is 5.91 Å². The Bertz CT molecular complexity index is 915. The van der Waals surface area contributed by atoms with E-state index in [1.54, 1.807) is 4.90 Å². The predicted molar refractivity (Wildman–Crippen MR) is 108 cm³/mol. The average molecular weight is 459 g/mol. The van der Waals surface area contributed by atoms with E-state index >= 15 is 0 Å². The zero-order valence-electron chi connectivity index (χ0n) is 14.9.